The van der Waals surface area contributed by atoms with Crippen molar-refractivity contribution in [3.05, 3.63) is 94.4 Å². The summed E-state index contributed by atoms with van der Waals surface area (Å²) in [6, 6.07) is 11.4. The first-order valence-corrected chi connectivity index (χ1v) is 11.4. The standard InChI is InChI=1S/C25H23ClFN7O/c1-16-10-17(4-5-18(16)13-33-9-3-8-31-33)12-34-14-20-24(29-15-30-25(20)32-34)28-11-19-21(26)6-7-22(35-2)23(19)27/h3-10,14-15H,11-13H2,1-2H3,(H,28,29,30,32). The van der Waals surface area contributed by atoms with Gasteiger partial charge in [-0.15, -0.1) is 0 Å². The van der Waals surface area contributed by atoms with Crippen molar-refractivity contribution >= 4 is 28.5 Å². The van der Waals surface area contributed by atoms with E-state index in [4.69, 9.17) is 16.3 Å². The molecule has 0 aliphatic carbocycles. The Morgan fingerprint density at radius 2 is 2.00 bits per heavy atom. The lowest BCUT2D eigenvalue weighted by Crippen LogP contribution is -2.06. The summed E-state index contributed by atoms with van der Waals surface area (Å²) in [6.45, 7) is 3.54. The number of nitrogens with one attached hydrogen (secondary N) is 1. The second-order valence-corrected chi connectivity index (χ2v) is 8.55. The molecule has 5 aromatic rings. The van der Waals surface area contributed by atoms with E-state index >= 15 is 0 Å². The molecule has 178 valence electrons. The molecule has 5 rings (SSSR count). The number of aryl methyl sites for hydroxylation is 1. The van der Waals surface area contributed by atoms with Crippen LogP contribution in [0.25, 0.3) is 11.0 Å². The van der Waals surface area contributed by atoms with E-state index in [1.165, 1.54) is 30.6 Å². The fraction of sp³-hybridized carbons (Fsp3) is 0.200. The van der Waals surface area contributed by atoms with Crippen molar-refractivity contribution in [2.45, 2.75) is 26.6 Å². The number of hydrogen-bond donors (Lipinski definition) is 1. The van der Waals surface area contributed by atoms with Gasteiger partial charge in [-0.2, -0.15) is 10.2 Å². The average molecular weight is 492 g/mol. The summed E-state index contributed by atoms with van der Waals surface area (Å²) in [7, 11) is 1.42. The summed E-state index contributed by atoms with van der Waals surface area (Å²) in [5.41, 5.74) is 4.37. The zero-order valence-corrected chi connectivity index (χ0v) is 20.0. The van der Waals surface area contributed by atoms with Crippen molar-refractivity contribution in [1.82, 2.24) is 29.5 Å². The number of hydrogen-bond acceptors (Lipinski definition) is 6. The van der Waals surface area contributed by atoms with Gasteiger partial charge in [0.05, 0.1) is 25.6 Å². The fourth-order valence-corrected chi connectivity index (χ4v) is 4.18. The van der Waals surface area contributed by atoms with E-state index in [0.717, 1.165) is 17.5 Å². The highest BCUT2D eigenvalue weighted by molar-refractivity contribution is 6.31. The van der Waals surface area contributed by atoms with Crippen molar-refractivity contribution in [1.29, 1.82) is 0 Å². The van der Waals surface area contributed by atoms with Gasteiger partial charge in [0.1, 0.15) is 12.1 Å². The summed E-state index contributed by atoms with van der Waals surface area (Å²) >= 11 is 6.21. The number of benzene rings is 2. The maximum Gasteiger partial charge on any atom is 0.186 e. The average Bonchev–Trinajstić information content (AvgIpc) is 3.50. The van der Waals surface area contributed by atoms with E-state index in [1.54, 1.807) is 12.3 Å². The lowest BCUT2D eigenvalue weighted by molar-refractivity contribution is 0.384. The number of methoxy groups -OCH3 is 1. The molecule has 0 saturated heterocycles. The first-order valence-electron chi connectivity index (χ1n) is 11.0. The van der Waals surface area contributed by atoms with Crippen LogP contribution in [0.1, 0.15) is 22.3 Å². The van der Waals surface area contributed by atoms with Gasteiger partial charge in [0.15, 0.2) is 17.2 Å². The molecule has 0 spiro atoms. The van der Waals surface area contributed by atoms with Crippen LogP contribution >= 0.6 is 11.6 Å². The van der Waals surface area contributed by atoms with Gasteiger partial charge in [-0.1, -0.05) is 29.8 Å². The van der Waals surface area contributed by atoms with E-state index in [2.05, 4.69) is 50.6 Å². The van der Waals surface area contributed by atoms with Gasteiger partial charge in [0, 0.05) is 35.7 Å². The van der Waals surface area contributed by atoms with Gasteiger partial charge in [-0.05, 0) is 41.8 Å². The molecular formula is C25H23ClFN7O. The Morgan fingerprint density at radius 1 is 1.11 bits per heavy atom. The molecule has 0 saturated carbocycles. The summed E-state index contributed by atoms with van der Waals surface area (Å²) in [4.78, 5) is 8.61. The maximum atomic E-state index is 14.7. The molecule has 0 bridgehead atoms. The second kappa shape index (κ2) is 9.71. The fourth-order valence-electron chi connectivity index (χ4n) is 3.96. The number of rotatable bonds is 8. The SMILES string of the molecule is COc1ccc(Cl)c(CNc2ncnc3nn(Cc4ccc(Cn5cccn5)c(C)c4)cc23)c1F. The van der Waals surface area contributed by atoms with Crippen molar-refractivity contribution in [3.63, 3.8) is 0 Å². The van der Waals surface area contributed by atoms with Gasteiger partial charge in [0.25, 0.3) is 0 Å². The summed E-state index contributed by atoms with van der Waals surface area (Å²) in [5, 5.41) is 13.1. The first kappa shape index (κ1) is 22.8. The molecule has 0 radical (unpaired) electrons. The molecule has 10 heteroatoms. The third kappa shape index (κ3) is 4.81. The van der Waals surface area contributed by atoms with Gasteiger partial charge < -0.3 is 10.1 Å². The smallest absolute Gasteiger partial charge is 0.186 e. The molecule has 0 unspecified atom stereocenters. The first-order chi connectivity index (χ1) is 17.0. The Hall–Kier alpha value is -3.98. The number of anilines is 1. The van der Waals surface area contributed by atoms with E-state index < -0.39 is 5.82 Å². The molecule has 8 nitrogen and oxygen atoms in total. The van der Waals surface area contributed by atoms with E-state index in [1.807, 2.05) is 27.8 Å². The minimum atomic E-state index is -0.500. The molecule has 0 aliphatic heterocycles. The van der Waals surface area contributed by atoms with Crippen LogP contribution < -0.4 is 10.1 Å². The Kier molecular flexibility index (Phi) is 6.33. The molecule has 2 aromatic carbocycles. The van der Waals surface area contributed by atoms with Crippen molar-refractivity contribution in [3.8, 4) is 5.75 Å². The van der Waals surface area contributed by atoms with Crippen LogP contribution in [0.15, 0.2) is 61.3 Å². The quantitative estimate of drug-likeness (QED) is 0.334. The van der Waals surface area contributed by atoms with Gasteiger partial charge in [0.2, 0.25) is 0 Å². The Balaban J connectivity index is 1.34. The van der Waals surface area contributed by atoms with Crippen LogP contribution in [-0.2, 0) is 19.6 Å². The van der Waals surface area contributed by atoms with Crippen molar-refractivity contribution in [2.24, 2.45) is 0 Å². The highest BCUT2D eigenvalue weighted by atomic mass is 35.5. The van der Waals surface area contributed by atoms with Crippen LogP contribution in [0.3, 0.4) is 0 Å². The number of halogens is 2. The largest absolute Gasteiger partial charge is 0.494 e. The van der Waals surface area contributed by atoms with Crippen LogP contribution in [-0.4, -0.2) is 36.6 Å². The highest BCUT2D eigenvalue weighted by Gasteiger charge is 2.15. The lowest BCUT2D eigenvalue weighted by Gasteiger charge is -2.11. The Bertz CT molecular complexity index is 1480. The van der Waals surface area contributed by atoms with E-state index in [0.29, 0.717) is 28.6 Å². The molecule has 3 aromatic heterocycles. The topological polar surface area (TPSA) is 82.7 Å². The zero-order valence-electron chi connectivity index (χ0n) is 19.2. The molecule has 0 atom stereocenters. The lowest BCUT2D eigenvalue weighted by atomic mass is 10.1. The maximum absolute atomic E-state index is 14.7. The summed E-state index contributed by atoms with van der Waals surface area (Å²) in [5.74, 6) is 0.183. The van der Waals surface area contributed by atoms with Gasteiger partial charge in [-0.3, -0.25) is 9.36 Å². The van der Waals surface area contributed by atoms with E-state index in [9.17, 15) is 4.39 Å². The number of nitrogens with zero attached hydrogens (tertiary/aromatic N) is 6. The number of fused-ring (bicyclic) bond motifs is 1. The second-order valence-electron chi connectivity index (χ2n) is 8.15. The molecule has 35 heavy (non-hydrogen) atoms. The minimum absolute atomic E-state index is 0.135. The normalized spacial score (nSPS) is 11.2. The molecular weight excluding hydrogens is 469 g/mol. The molecule has 0 fully saturated rings. The van der Waals surface area contributed by atoms with Crippen molar-refractivity contribution < 1.29 is 9.13 Å². The highest BCUT2D eigenvalue weighted by Crippen LogP contribution is 2.28. The van der Waals surface area contributed by atoms with E-state index in [-0.39, 0.29) is 12.3 Å². The third-order valence-electron chi connectivity index (χ3n) is 5.81. The van der Waals surface area contributed by atoms with Crippen LogP contribution in [0.5, 0.6) is 5.75 Å². The van der Waals surface area contributed by atoms with Gasteiger partial charge >= 0.3 is 0 Å². The van der Waals surface area contributed by atoms with Crippen LogP contribution in [0, 0.1) is 12.7 Å². The van der Waals surface area contributed by atoms with Gasteiger partial charge in [-0.25, -0.2) is 14.4 Å². The molecule has 1 N–H and O–H groups in total. The predicted molar refractivity (Wildman–Crippen MR) is 132 cm³/mol. The third-order valence-corrected chi connectivity index (χ3v) is 6.16. The zero-order chi connectivity index (χ0) is 24.4. The summed E-state index contributed by atoms with van der Waals surface area (Å²) in [6.07, 6.45) is 7.04. The Morgan fingerprint density at radius 3 is 2.77 bits per heavy atom. The van der Waals surface area contributed by atoms with Crippen molar-refractivity contribution in [2.75, 3.05) is 12.4 Å². The minimum Gasteiger partial charge on any atom is -0.494 e. The monoisotopic (exact) mass is 491 g/mol. The predicted octanol–water partition coefficient (Wildman–Crippen LogP) is 4.84. The molecule has 3 heterocycles. The number of aromatic nitrogens is 6. The summed E-state index contributed by atoms with van der Waals surface area (Å²) < 4.78 is 23.4. The molecule has 0 aliphatic rings. The van der Waals surface area contributed by atoms with Crippen LogP contribution in [0.4, 0.5) is 10.2 Å². The molecule has 0 amide bonds. The Labute approximate surface area is 206 Å². The number of ether oxygens (including phenoxy) is 1. The van der Waals surface area contributed by atoms with Crippen LogP contribution in [0.2, 0.25) is 5.02 Å².